The van der Waals surface area contributed by atoms with Crippen molar-refractivity contribution < 1.29 is 4.79 Å². The van der Waals surface area contributed by atoms with E-state index in [1.54, 1.807) is 6.07 Å². The molecule has 18 heavy (non-hydrogen) atoms. The van der Waals surface area contributed by atoms with Gasteiger partial charge in [-0.1, -0.05) is 34.5 Å². The molecule has 1 aliphatic rings. The van der Waals surface area contributed by atoms with Gasteiger partial charge in [0.05, 0.1) is 0 Å². The highest BCUT2D eigenvalue weighted by molar-refractivity contribution is 9.10. The molecule has 1 amide bonds. The minimum absolute atomic E-state index is 0.134. The van der Waals surface area contributed by atoms with Crippen molar-refractivity contribution in [2.45, 2.75) is 19.4 Å². The van der Waals surface area contributed by atoms with Gasteiger partial charge in [-0.05, 0) is 24.6 Å². The monoisotopic (exact) mass is 329 g/mol. The van der Waals surface area contributed by atoms with Crippen molar-refractivity contribution in [3.05, 3.63) is 33.3 Å². The Morgan fingerprint density at radius 1 is 1.50 bits per heavy atom. The number of nitrogens with zero attached hydrogens (tertiary/aromatic N) is 1. The summed E-state index contributed by atoms with van der Waals surface area (Å²) in [6.45, 7) is 2.71. The zero-order valence-corrected chi connectivity index (χ0v) is 12.2. The number of guanidine groups is 1. The molecule has 4 nitrogen and oxygen atoms in total. The molecule has 0 aliphatic carbocycles. The number of benzene rings is 1. The van der Waals surface area contributed by atoms with E-state index in [4.69, 9.17) is 11.6 Å². The van der Waals surface area contributed by atoms with Gasteiger partial charge in [-0.2, -0.15) is 0 Å². The standard InChI is InChI=1S/C12H13BrClN3O/c1-2-5-15-12-16-10(11(18)17-12)8-6-7(13)3-4-9(8)14/h3-4,6,10H,2,5H2,1H3,(H2,15,16,17,18). The van der Waals surface area contributed by atoms with Crippen molar-refractivity contribution >= 4 is 39.4 Å². The van der Waals surface area contributed by atoms with E-state index in [1.807, 2.05) is 19.1 Å². The number of aliphatic imine (C=N–C) groups is 1. The molecule has 2 rings (SSSR count). The fourth-order valence-corrected chi connectivity index (χ4v) is 2.30. The van der Waals surface area contributed by atoms with Crippen molar-refractivity contribution in [2.24, 2.45) is 4.99 Å². The van der Waals surface area contributed by atoms with Crippen LogP contribution in [0, 0.1) is 0 Å². The van der Waals surface area contributed by atoms with Crippen LogP contribution in [0.25, 0.3) is 0 Å². The maximum absolute atomic E-state index is 11.9. The molecule has 1 fully saturated rings. The number of nitrogens with one attached hydrogen (secondary N) is 2. The molecular weight excluding hydrogens is 318 g/mol. The van der Waals surface area contributed by atoms with Gasteiger partial charge in [-0.25, -0.2) is 0 Å². The minimum Gasteiger partial charge on any atom is -0.340 e. The van der Waals surface area contributed by atoms with E-state index < -0.39 is 6.04 Å². The van der Waals surface area contributed by atoms with Gasteiger partial charge in [0, 0.05) is 21.6 Å². The first kappa shape index (κ1) is 13.4. The maximum Gasteiger partial charge on any atom is 0.253 e. The summed E-state index contributed by atoms with van der Waals surface area (Å²) in [5.41, 5.74) is 0.741. The Hall–Kier alpha value is -1.07. The number of halogens is 2. The Kier molecular flexibility index (Phi) is 4.24. The Morgan fingerprint density at radius 2 is 2.28 bits per heavy atom. The van der Waals surface area contributed by atoms with Gasteiger partial charge in [-0.3, -0.25) is 15.1 Å². The molecule has 1 unspecified atom stereocenters. The minimum atomic E-state index is -0.481. The lowest BCUT2D eigenvalue weighted by atomic mass is 10.1. The van der Waals surface area contributed by atoms with Crippen LogP contribution in [0.2, 0.25) is 5.02 Å². The third-order valence-electron chi connectivity index (χ3n) is 2.55. The normalized spacial score (nSPS) is 20.9. The Balaban J connectivity index is 2.24. The van der Waals surface area contributed by atoms with E-state index in [0.29, 0.717) is 17.5 Å². The second-order valence-electron chi connectivity index (χ2n) is 3.96. The number of hydrogen-bond donors (Lipinski definition) is 2. The predicted molar refractivity (Wildman–Crippen MR) is 75.8 cm³/mol. The molecular formula is C12H13BrClN3O. The van der Waals surface area contributed by atoms with E-state index in [0.717, 1.165) is 16.5 Å². The Morgan fingerprint density at radius 3 is 3.00 bits per heavy atom. The number of amides is 1. The SMILES string of the molecule is CCCN=C1NC(=O)C(c2cc(Br)ccc2Cl)N1. The third kappa shape index (κ3) is 2.84. The summed E-state index contributed by atoms with van der Waals surface area (Å²) in [4.78, 5) is 16.1. The molecule has 1 aliphatic heterocycles. The molecule has 1 atom stereocenters. The summed E-state index contributed by atoms with van der Waals surface area (Å²) >= 11 is 9.48. The second kappa shape index (κ2) is 5.71. The molecule has 1 saturated heterocycles. The average molecular weight is 331 g/mol. The molecule has 0 radical (unpaired) electrons. The highest BCUT2D eigenvalue weighted by Gasteiger charge is 2.31. The number of rotatable bonds is 3. The first-order valence-corrected chi connectivity index (χ1v) is 6.85. The molecule has 1 aromatic rings. The second-order valence-corrected chi connectivity index (χ2v) is 5.29. The van der Waals surface area contributed by atoms with E-state index in [2.05, 4.69) is 31.6 Å². The zero-order chi connectivity index (χ0) is 13.1. The van der Waals surface area contributed by atoms with Crippen LogP contribution in [0.15, 0.2) is 27.7 Å². The fourth-order valence-electron chi connectivity index (χ4n) is 1.69. The average Bonchev–Trinajstić information content (AvgIpc) is 2.71. The Bertz CT molecular complexity index is 504. The van der Waals surface area contributed by atoms with Gasteiger partial charge >= 0.3 is 0 Å². The number of hydrogen-bond acceptors (Lipinski definition) is 2. The molecule has 1 aromatic carbocycles. The third-order valence-corrected chi connectivity index (χ3v) is 3.38. The van der Waals surface area contributed by atoms with Crippen molar-refractivity contribution in [3.8, 4) is 0 Å². The maximum atomic E-state index is 11.9. The number of carbonyl (C=O) groups excluding carboxylic acids is 1. The summed E-state index contributed by atoms with van der Waals surface area (Å²) in [7, 11) is 0. The van der Waals surface area contributed by atoms with Crippen LogP contribution in [0.3, 0.4) is 0 Å². The summed E-state index contributed by atoms with van der Waals surface area (Å²) in [5, 5.41) is 6.31. The lowest BCUT2D eigenvalue weighted by Gasteiger charge is -2.10. The van der Waals surface area contributed by atoms with Crippen LogP contribution in [0.5, 0.6) is 0 Å². The molecule has 6 heteroatoms. The molecule has 0 spiro atoms. The highest BCUT2D eigenvalue weighted by atomic mass is 79.9. The first-order valence-electron chi connectivity index (χ1n) is 5.68. The quantitative estimate of drug-likeness (QED) is 0.895. The van der Waals surface area contributed by atoms with Gasteiger partial charge in [0.15, 0.2) is 5.96 Å². The predicted octanol–water partition coefficient (Wildman–Crippen LogP) is 2.63. The van der Waals surface area contributed by atoms with Crippen molar-refractivity contribution in [1.29, 1.82) is 0 Å². The molecule has 1 heterocycles. The van der Waals surface area contributed by atoms with Crippen LogP contribution in [0.1, 0.15) is 24.9 Å². The van der Waals surface area contributed by atoms with Gasteiger partial charge in [-0.15, -0.1) is 0 Å². The van der Waals surface area contributed by atoms with Crippen LogP contribution in [-0.4, -0.2) is 18.4 Å². The van der Waals surface area contributed by atoms with Crippen LogP contribution < -0.4 is 10.6 Å². The van der Waals surface area contributed by atoms with E-state index in [1.165, 1.54) is 0 Å². The lowest BCUT2D eigenvalue weighted by molar-refractivity contribution is -0.120. The molecule has 0 saturated carbocycles. The van der Waals surface area contributed by atoms with Crippen LogP contribution in [0.4, 0.5) is 0 Å². The first-order chi connectivity index (χ1) is 8.61. The molecule has 0 bridgehead atoms. The summed E-state index contributed by atoms with van der Waals surface area (Å²) in [5.74, 6) is 0.382. The summed E-state index contributed by atoms with van der Waals surface area (Å²) < 4.78 is 0.885. The summed E-state index contributed by atoms with van der Waals surface area (Å²) in [6.07, 6.45) is 0.934. The highest BCUT2D eigenvalue weighted by Crippen LogP contribution is 2.28. The topological polar surface area (TPSA) is 53.5 Å². The number of carbonyl (C=O) groups is 1. The van der Waals surface area contributed by atoms with Crippen molar-refractivity contribution in [1.82, 2.24) is 10.6 Å². The van der Waals surface area contributed by atoms with Gasteiger partial charge in [0.25, 0.3) is 5.91 Å². The van der Waals surface area contributed by atoms with Crippen molar-refractivity contribution in [3.63, 3.8) is 0 Å². The lowest BCUT2D eigenvalue weighted by Crippen LogP contribution is -2.25. The molecule has 2 N–H and O–H groups in total. The van der Waals surface area contributed by atoms with Crippen molar-refractivity contribution in [2.75, 3.05) is 6.54 Å². The molecule has 96 valence electrons. The van der Waals surface area contributed by atoms with E-state index >= 15 is 0 Å². The molecule has 0 aromatic heterocycles. The fraction of sp³-hybridized carbons (Fsp3) is 0.333. The summed E-state index contributed by atoms with van der Waals surface area (Å²) in [6, 6.07) is 4.95. The van der Waals surface area contributed by atoms with E-state index in [-0.39, 0.29) is 5.91 Å². The largest absolute Gasteiger partial charge is 0.340 e. The van der Waals surface area contributed by atoms with Crippen LogP contribution in [-0.2, 0) is 4.79 Å². The smallest absolute Gasteiger partial charge is 0.253 e. The Labute approximate surface area is 119 Å². The van der Waals surface area contributed by atoms with Gasteiger partial charge < -0.3 is 5.32 Å². The van der Waals surface area contributed by atoms with Gasteiger partial charge in [0.2, 0.25) is 0 Å². The van der Waals surface area contributed by atoms with E-state index in [9.17, 15) is 4.79 Å². The van der Waals surface area contributed by atoms with Crippen LogP contribution >= 0.6 is 27.5 Å². The van der Waals surface area contributed by atoms with Gasteiger partial charge in [0.1, 0.15) is 6.04 Å². The zero-order valence-electron chi connectivity index (χ0n) is 9.84.